The van der Waals surface area contributed by atoms with Crippen LogP contribution in [-0.4, -0.2) is 22.8 Å². The van der Waals surface area contributed by atoms with Gasteiger partial charge in [-0.25, -0.2) is 4.39 Å². The number of carboxylic acid groups (broad SMARTS) is 1. The highest BCUT2D eigenvalue weighted by atomic mass is 19.1. The molecule has 0 aromatic heterocycles. The fraction of sp³-hybridized carbons (Fsp3) is 0.375. The lowest BCUT2D eigenvalue weighted by Gasteiger charge is -2.05. The first-order chi connectivity index (χ1) is 5.62. The first-order valence-corrected chi connectivity index (χ1v) is 3.59. The second-order valence-corrected chi connectivity index (χ2v) is 2.95. The first-order valence-electron chi connectivity index (χ1n) is 3.59. The van der Waals surface area contributed by atoms with Gasteiger partial charge in [0.1, 0.15) is 17.5 Å². The van der Waals surface area contributed by atoms with Crippen LogP contribution in [0.2, 0.25) is 0 Å². The van der Waals surface area contributed by atoms with E-state index < -0.39 is 11.6 Å². The zero-order valence-corrected chi connectivity index (χ0v) is 6.16. The Kier molecular flexibility index (Phi) is 1.35. The predicted molar refractivity (Wildman–Crippen MR) is 38.2 cm³/mol. The maximum atomic E-state index is 12.5. The summed E-state index contributed by atoms with van der Waals surface area (Å²) in [6, 6.07) is 0. The molecule has 2 rings (SSSR count). The van der Waals surface area contributed by atoms with Crippen molar-refractivity contribution in [1.29, 1.82) is 0 Å². The SMILES string of the molecule is O=C(O)CC12C=CC(F)=CC1O2. The lowest BCUT2D eigenvalue weighted by Crippen LogP contribution is -2.18. The molecule has 1 heterocycles. The Labute approximate surface area is 68.1 Å². The first kappa shape index (κ1) is 7.49. The van der Waals surface area contributed by atoms with Crippen molar-refractivity contribution in [2.45, 2.75) is 18.1 Å². The largest absolute Gasteiger partial charge is 0.481 e. The molecule has 1 N–H and O–H groups in total. The van der Waals surface area contributed by atoms with Crippen LogP contribution in [0.4, 0.5) is 4.39 Å². The number of aliphatic carboxylic acids is 1. The Hall–Kier alpha value is -1.16. The molecule has 3 nitrogen and oxygen atoms in total. The number of rotatable bonds is 2. The molecule has 2 aliphatic rings. The fourth-order valence-corrected chi connectivity index (χ4v) is 1.37. The van der Waals surface area contributed by atoms with Crippen molar-refractivity contribution >= 4 is 5.97 Å². The molecule has 0 spiro atoms. The van der Waals surface area contributed by atoms with E-state index in [0.717, 1.165) is 0 Å². The van der Waals surface area contributed by atoms with Gasteiger partial charge < -0.3 is 9.84 Å². The molecular formula is C8H7FO3. The molecule has 4 heteroatoms. The molecule has 1 aliphatic carbocycles. The van der Waals surface area contributed by atoms with E-state index in [4.69, 9.17) is 9.84 Å². The standard InChI is InChI=1S/C8H7FO3/c9-5-1-2-8(4-7(10)11)6(3-5)12-8/h1-3,6H,4H2,(H,10,11). The molecule has 12 heavy (non-hydrogen) atoms. The third-order valence-corrected chi connectivity index (χ3v) is 2.03. The average molecular weight is 170 g/mol. The number of ether oxygens (including phenoxy) is 1. The Morgan fingerprint density at radius 3 is 3.17 bits per heavy atom. The van der Waals surface area contributed by atoms with E-state index in [1.54, 1.807) is 0 Å². The van der Waals surface area contributed by atoms with Gasteiger partial charge in [0.2, 0.25) is 0 Å². The minimum absolute atomic E-state index is 0.0993. The molecule has 0 aromatic rings. The van der Waals surface area contributed by atoms with Crippen LogP contribution in [0, 0.1) is 0 Å². The van der Waals surface area contributed by atoms with Gasteiger partial charge in [0, 0.05) is 0 Å². The monoisotopic (exact) mass is 170 g/mol. The van der Waals surface area contributed by atoms with Crippen LogP contribution >= 0.6 is 0 Å². The van der Waals surface area contributed by atoms with Crippen molar-refractivity contribution in [1.82, 2.24) is 0 Å². The van der Waals surface area contributed by atoms with Crippen molar-refractivity contribution in [2.24, 2.45) is 0 Å². The number of allylic oxidation sites excluding steroid dienone is 2. The van der Waals surface area contributed by atoms with Gasteiger partial charge in [0.25, 0.3) is 0 Å². The van der Waals surface area contributed by atoms with Crippen LogP contribution in [0.25, 0.3) is 0 Å². The number of halogens is 1. The van der Waals surface area contributed by atoms with Crippen LogP contribution in [0.15, 0.2) is 24.1 Å². The second kappa shape index (κ2) is 2.17. The van der Waals surface area contributed by atoms with Crippen LogP contribution in [0.5, 0.6) is 0 Å². The summed E-state index contributed by atoms with van der Waals surface area (Å²) in [5, 5.41) is 8.50. The van der Waals surface area contributed by atoms with Gasteiger partial charge in [-0.2, -0.15) is 0 Å². The van der Waals surface area contributed by atoms with Gasteiger partial charge in [-0.05, 0) is 18.2 Å². The molecule has 0 radical (unpaired) electrons. The number of hydrogen-bond acceptors (Lipinski definition) is 2. The van der Waals surface area contributed by atoms with Gasteiger partial charge >= 0.3 is 5.97 Å². The normalized spacial score (nSPS) is 37.1. The molecule has 2 atom stereocenters. The summed E-state index contributed by atoms with van der Waals surface area (Å²) in [5.74, 6) is -1.30. The third kappa shape index (κ3) is 1.04. The zero-order chi connectivity index (χ0) is 8.77. The summed E-state index contributed by atoms with van der Waals surface area (Å²) in [6.45, 7) is 0. The predicted octanol–water partition coefficient (Wildman–Crippen LogP) is 1.02. The van der Waals surface area contributed by atoms with Gasteiger partial charge in [-0.1, -0.05) is 0 Å². The zero-order valence-electron chi connectivity index (χ0n) is 6.16. The maximum Gasteiger partial charge on any atom is 0.306 e. The van der Waals surface area contributed by atoms with Crippen molar-refractivity contribution < 1.29 is 19.0 Å². The smallest absolute Gasteiger partial charge is 0.306 e. The minimum Gasteiger partial charge on any atom is -0.481 e. The van der Waals surface area contributed by atoms with Crippen LogP contribution in [-0.2, 0) is 9.53 Å². The van der Waals surface area contributed by atoms with Crippen molar-refractivity contribution in [2.75, 3.05) is 0 Å². The van der Waals surface area contributed by atoms with Gasteiger partial charge in [-0.15, -0.1) is 0 Å². The molecule has 0 bridgehead atoms. The van der Waals surface area contributed by atoms with Crippen LogP contribution in [0.1, 0.15) is 6.42 Å². The third-order valence-electron chi connectivity index (χ3n) is 2.03. The molecule has 64 valence electrons. The summed E-state index contributed by atoms with van der Waals surface area (Å²) in [5.41, 5.74) is -0.749. The number of carboxylic acids is 1. The molecule has 1 saturated heterocycles. The summed E-state index contributed by atoms with van der Waals surface area (Å²) in [4.78, 5) is 10.4. The van der Waals surface area contributed by atoms with Crippen molar-refractivity contribution in [3.63, 3.8) is 0 Å². The highest BCUT2D eigenvalue weighted by molar-refractivity contribution is 5.70. The quantitative estimate of drug-likeness (QED) is 0.629. The minimum atomic E-state index is -0.933. The Balaban J connectivity index is 2.12. The molecular weight excluding hydrogens is 163 g/mol. The summed E-state index contributed by atoms with van der Waals surface area (Å²) in [7, 11) is 0. The summed E-state index contributed by atoms with van der Waals surface area (Å²) in [6.07, 6.45) is 3.53. The average Bonchev–Trinajstić information content (AvgIpc) is 2.60. The topological polar surface area (TPSA) is 49.8 Å². The Morgan fingerprint density at radius 2 is 2.58 bits per heavy atom. The molecule has 0 amide bonds. The highest BCUT2D eigenvalue weighted by Crippen LogP contribution is 2.45. The highest BCUT2D eigenvalue weighted by Gasteiger charge is 2.56. The van der Waals surface area contributed by atoms with E-state index in [1.807, 2.05) is 0 Å². The van der Waals surface area contributed by atoms with E-state index in [1.165, 1.54) is 18.2 Å². The van der Waals surface area contributed by atoms with E-state index in [0.29, 0.717) is 0 Å². The van der Waals surface area contributed by atoms with E-state index in [9.17, 15) is 9.18 Å². The Bertz CT molecular complexity index is 295. The molecule has 1 fully saturated rings. The number of epoxide rings is 1. The molecule has 0 aromatic carbocycles. The van der Waals surface area contributed by atoms with Crippen LogP contribution < -0.4 is 0 Å². The second-order valence-electron chi connectivity index (χ2n) is 2.95. The van der Waals surface area contributed by atoms with E-state index in [2.05, 4.69) is 0 Å². The number of fused-ring (bicyclic) bond motifs is 1. The van der Waals surface area contributed by atoms with Crippen molar-refractivity contribution in [3.8, 4) is 0 Å². The number of carbonyl (C=O) groups is 1. The molecule has 2 unspecified atom stereocenters. The molecule has 0 saturated carbocycles. The summed E-state index contributed by atoms with van der Waals surface area (Å²) >= 11 is 0. The van der Waals surface area contributed by atoms with Gasteiger partial charge in [0.05, 0.1) is 6.42 Å². The lowest BCUT2D eigenvalue weighted by atomic mass is 9.97. The van der Waals surface area contributed by atoms with Crippen molar-refractivity contribution in [3.05, 3.63) is 24.1 Å². The fourth-order valence-electron chi connectivity index (χ4n) is 1.37. The van der Waals surface area contributed by atoms with E-state index in [-0.39, 0.29) is 18.4 Å². The van der Waals surface area contributed by atoms with Gasteiger partial charge in [-0.3, -0.25) is 4.79 Å². The molecule has 1 aliphatic heterocycles. The van der Waals surface area contributed by atoms with E-state index >= 15 is 0 Å². The maximum absolute atomic E-state index is 12.5. The summed E-state index contributed by atoms with van der Waals surface area (Å²) < 4.78 is 17.6. The van der Waals surface area contributed by atoms with Crippen LogP contribution in [0.3, 0.4) is 0 Å². The number of hydrogen-bond donors (Lipinski definition) is 1. The lowest BCUT2D eigenvalue weighted by molar-refractivity contribution is -0.137. The van der Waals surface area contributed by atoms with Gasteiger partial charge in [0.15, 0.2) is 0 Å². The Morgan fingerprint density at radius 1 is 1.83 bits per heavy atom.